The summed E-state index contributed by atoms with van der Waals surface area (Å²) in [4.78, 5) is 17.4. The van der Waals surface area contributed by atoms with Crippen LogP contribution in [0.15, 0.2) is 24.3 Å². The van der Waals surface area contributed by atoms with Crippen molar-refractivity contribution in [2.75, 3.05) is 42.9 Å². The van der Waals surface area contributed by atoms with Crippen LogP contribution in [0, 0.1) is 0 Å². The van der Waals surface area contributed by atoms with Gasteiger partial charge in [0.1, 0.15) is 10.8 Å². The minimum Gasteiger partial charge on any atom is -0.367 e. The first kappa shape index (κ1) is 19.4. The second kappa shape index (κ2) is 8.09. The third kappa shape index (κ3) is 3.96. The molecule has 1 aliphatic rings. The molecular formula is C18H21Cl3N4O. The third-order valence-corrected chi connectivity index (χ3v) is 5.79. The number of nitrogens with one attached hydrogen (secondary N) is 1. The van der Waals surface area contributed by atoms with Gasteiger partial charge in [-0.05, 0) is 30.8 Å². The van der Waals surface area contributed by atoms with E-state index in [1.54, 1.807) is 23.7 Å². The number of rotatable bonds is 4. The monoisotopic (exact) mass is 414 g/mol. The predicted octanol–water partition coefficient (Wildman–Crippen LogP) is 4.38. The fourth-order valence-electron chi connectivity index (χ4n) is 3.14. The maximum Gasteiger partial charge on any atom is 0.272 e. The molecule has 1 N–H and O–H groups in total. The van der Waals surface area contributed by atoms with Gasteiger partial charge in [-0.15, -0.1) is 0 Å². The lowest BCUT2D eigenvalue weighted by Crippen LogP contribution is -2.46. The van der Waals surface area contributed by atoms with Crippen LogP contribution in [0.1, 0.15) is 17.4 Å². The van der Waals surface area contributed by atoms with Gasteiger partial charge in [0.2, 0.25) is 0 Å². The number of hydrogen-bond donors (Lipinski definition) is 1. The Hall–Kier alpha value is -1.40. The number of anilines is 2. The number of carbonyl (C=O) groups is 1. The number of aromatic nitrogens is 1. The molecule has 1 aromatic carbocycles. The average molecular weight is 416 g/mol. The summed E-state index contributed by atoms with van der Waals surface area (Å²) in [6, 6.07) is 7.12. The van der Waals surface area contributed by atoms with Crippen LogP contribution in [-0.4, -0.2) is 48.1 Å². The van der Waals surface area contributed by atoms with Crippen LogP contribution >= 0.6 is 34.8 Å². The lowest BCUT2D eigenvalue weighted by atomic mass is 10.2. The second-order valence-corrected chi connectivity index (χ2v) is 7.47. The summed E-state index contributed by atoms with van der Waals surface area (Å²) in [6.45, 7) is 7.01. The molecule has 5 nitrogen and oxygen atoms in total. The van der Waals surface area contributed by atoms with Gasteiger partial charge < -0.3 is 19.7 Å². The Morgan fingerprint density at radius 3 is 2.38 bits per heavy atom. The molecule has 1 fully saturated rings. The zero-order valence-corrected chi connectivity index (χ0v) is 17.0. The van der Waals surface area contributed by atoms with Gasteiger partial charge in [-0.1, -0.05) is 41.7 Å². The highest BCUT2D eigenvalue weighted by molar-refractivity contribution is 6.42. The molecule has 0 atom stereocenters. The molecule has 2 heterocycles. The van der Waals surface area contributed by atoms with Crippen LogP contribution in [0.25, 0.3) is 0 Å². The van der Waals surface area contributed by atoms with E-state index in [0.29, 0.717) is 26.6 Å². The Morgan fingerprint density at radius 2 is 1.81 bits per heavy atom. The summed E-state index contributed by atoms with van der Waals surface area (Å²) in [7, 11) is 1.70. The molecule has 8 heteroatoms. The van der Waals surface area contributed by atoms with Crippen molar-refractivity contribution in [1.29, 1.82) is 0 Å². The molecule has 0 spiro atoms. The minimum atomic E-state index is -0.281. The van der Waals surface area contributed by atoms with Crippen LogP contribution in [0.4, 0.5) is 11.4 Å². The zero-order chi connectivity index (χ0) is 18.8. The highest BCUT2D eigenvalue weighted by Crippen LogP contribution is 2.31. The molecule has 1 amide bonds. The molecule has 2 aromatic rings. The molecule has 1 aliphatic heterocycles. The number of hydrogen-bond acceptors (Lipinski definition) is 3. The van der Waals surface area contributed by atoms with Gasteiger partial charge in [-0.3, -0.25) is 4.79 Å². The zero-order valence-electron chi connectivity index (χ0n) is 14.7. The van der Waals surface area contributed by atoms with Gasteiger partial charge in [0.05, 0.1) is 16.4 Å². The smallest absolute Gasteiger partial charge is 0.272 e. The van der Waals surface area contributed by atoms with Crippen molar-refractivity contribution in [1.82, 2.24) is 9.47 Å². The van der Waals surface area contributed by atoms with Crippen molar-refractivity contribution in [2.24, 2.45) is 7.05 Å². The molecule has 0 aliphatic carbocycles. The van der Waals surface area contributed by atoms with E-state index < -0.39 is 0 Å². The number of piperazine rings is 1. The molecule has 140 valence electrons. The number of likely N-dealkylation sites (N-methyl/N-ethyl adjacent to an activating group) is 1. The molecular weight excluding hydrogens is 395 g/mol. The van der Waals surface area contributed by atoms with E-state index in [1.807, 2.05) is 12.1 Å². The van der Waals surface area contributed by atoms with Gasteiger partial charge in [0, 0.05) is 38.2 Å². The van der Waals surface area contributed by atoms with Crippen molar-refractivity contribution in [2.45, 2.75) is 6.92 Å². The SMILES string of the molecule is CCN1CCN(c2ccc(Cl)cc2NC(=O)c2cc(Cl)c(Cl)n2C)CC1. The summed E-state index contributed by atoms with van der Waals surface area (Å²) >= 11 is 18.3. The van der Waals surface area contributed by atoms with Crippen molar-refractivity contribution in [3.05, 3.63) is 45.2 Å². The van der Waals surface area contributed by atoms with E-state index >= 15 is 0 Å². The van der Waals surface area contributed by atoms with E-state index in [9.17, 15) is 4.79 Å². The van der Waals surface area contributed by atoms with Gasteiger partial charge >= 0.3 is 0 Å². The van der Waals surface area contributed by atoms with E-state index in [0.717, 1.165) is 38.4 Å². The van der Waals surface area contributed by atoms with Gasteiger partial charge in [0.15, 0.2) is 0 Å². The predicted molar refractivity (Wildman–Crippen MR) is 109 cm³/mol. The maximum atomic E-state index is 12.7. The minimum absolute atomic E-state index is 0.281. The lowest BCUT2D eigenvalue weighted by molar-refractivity contribution is 0.101. The number of nitrogens with zero attached hydrogens (tertiary/aromatic N) is 3. The largest absolute Gasteiger partial charge is 0.367 e. The second-order valence-electron chi connectivity index (χ2n) is 6.26. The molecule has 0 radical (unpaired) electrons. The Bertz CT molecular complexity index is 813. The highest BCUT2D eigenvalue weighted by atomic mass is 35.5. The molecule has 1 saturated heterocycles. The molecule has 26 heavy (non-hydrogen) atoms. The summed E-state index contributed by atoms with van der Waals surface area (Å²) in [5, 5.41) is 4.20. The highest BCUT2D eigenvalue weighted by Gasteiger charge is 2.21. The molecule has 0 unspecified atom stereocenters. The summed E-state index contributed by atoms with van der Waals surface area (Å²) in [5.74, 6) is -0.281. The quantitative estimate of drug-likeness (QED) is 0.805. The normalized spacial score (nSPS) is 15.3. The first-order valence-corrected chi connectivity index (χ1v) is 9.63. The van der Waals surface area contributed by atoms with Crippen LogP contribution < -0.4 is 10.2 Å². The van der Waals surface area contributed by atoms with Crippen molar-refractivity contribution in [3.8, 4) is 0 Å². The number of benzene rings is 1. The molecule has 0 bridgehead atoms. The third-order valence-electron chi connectivity index (χ3n) is 4.72. The summed E-state index contributed by atoms with van der Waals surface area (Å²) < 4.78 is 1.56. The van der Waals surface area contributed by atoms with Gasteiger partial charge in [-0.2, -0.15) is 0 Å². The van der Waals surface area contributed by atoms with Crippen LogP contribution in [0.5, 0.6) is 0 Å². The van der Waals surface area contributed by atoms with Crippen molar-refractivity contribution in [3.63, 3.8) is 0 Å². The number of carbonyl (C=O) groups excluding carboxylic acids is 1. The van der Waals surface area contributed by atoms with Crippen molar-refractivity contribution < 1.29 is 4.79 Å². The van der Waals surface area contributed by atoms with Gasteiger partial charge in [0.25, 0.3) is 5.91 Å². The number of amides is 1. The molecule has 1 aromatic heterocycles. The topological polar surface area (TPSA) is 40.5 Å². The Labute approximate surface area is 168 Å². The maximum absolute atomic E-state index is 12.7. The molecule has 3 rings (SSSR count). The van der Waals surface area contributed by atoms with Crippen LogP contribution in [0.3, 0.4) is 0 Å². The first-order chi connectivity index (χ1) is 12.4. The first-order valence-electron chi connectivity index (χ1n) is 8.49. The summed E-state index contributed by atoms with van der Waals surface area (Å²) in [6.07, 6.45) is 0. The van der Waals surface area contributed by atoms with E-state index in [2.05, 4.69) is 22.0 Å². The fourth-order valence-corrected chi connectivity index (χ4v) is 3.68. The van der Waals surface area contributed by atoms with E-state index in [-0.39, 0.29) is 5.91 Å². The number of halogens is 3. The lowest BCUT2D eigenvalue weighted by Gasteiger charge is -2.36. The van der Waals surface area contributed by atoms with E-state index in [1.165, 1.54) is 0 Å². The Morgan fingerprint density at radius 1 is 1.12 bits per heavy atom. The Balaban J connectivity index is 1.84. The van der Waals surface area contributed by atoms with Crippen LogP contribution in [0.2, 0.25) is 15.2 Å². The standard InChI is InChI=1S/C18H21Cl3N4O/c1-3-24-6-8-25(9-7-24)15-5-4-12(19)10-14(15)22-18(26)16-11-13(20)17(21)23(16)2/h4-5,10-11H,3,6-9H2,1-2H3,(H,22,26). The van der Waals surface area contributed by atoms with Crippen molar-refractivity contribution >= 4 is 52.1 Å². The van der Waals surface area contributed by atoms with Crippen LogP contribution in [-0.2, 0) is 7.05 Å². The fraction of sp³-hybridized carbons (Fsp3) is 0.389. The van der Waals surface area contributed by atoms with Gasteiger partial charge in [-0.25, -0.2) is 0 Å². The van der Waals surface area contributed by atoms with E-state index in [4.69, 9.17) is 34.8 Å². The Kier molecular flexibility index (Phi) is 6.03. The summed E-state index contributed by atoms with van der Waals surface area (Å²) in [5.41, 5.74) is 2.03. The molecule has 0 saturated carbocycles. The average Bonchev–Trinajstić information content (AvgIpc) is 2.89.